The van der Waals surface area contributed by atoms with Gasteiger partial charge in [0.1, 0.15) is 5.65 Å². The minimum absolute atomic E-state index is 0.0190. The topological polar surface area (TPSA) is 63.5 Å². The molecule has 0 radical (unpaired) electrons. The number of pyridine rings is 1. The Morgan fingerprint density at radius 3 is 2.94 bits per heavy atom. The Morgan fingerprint density at radius 1 is 1.47 bits per heavy atom. The van der Waals surface area contributed by atoms with Gasteiger partial charge in [-0.3, -0.25) is 9.59 Å². The monoisotopic (exact) mass is 231 g/mol. The van der Waals surface area contributed by atoms with E-state index in [2.05, 4.69) is 10.3 Å². The SMILES string of the molecule is CC(=O)NCC(=O)c1ccn2cc(C)nc2c1. The van der Waals surface area contributed by atoms with Gasteiger partial charge in [0, 0.05) is 24.9 Å². The van der Waals surface area contributed by atoms with Crippen LogP contribution >= 0.6 is 0 Å². The van der Waals surface area contributed by atoms with E-state index in [4.69, 9.17) is 0 Å². The molecule has 2 heterocycles. The highest BCUT2D eigenvalue weighted by atomic mass is 16.2. The van der Waals surface area contributed by atoms with Gasteiger partial charge in [-0.05, 0) is 19.1 Å². The van der Waals surface area contributed by atoms with E-state index in [1.807, 2.05) is 17.5 Å². The van der Waals surface area contributed by atoms with E-state index < -0.39 is 0 Å². The van der Waals surface area contributed by atoms with Crippen molar-refractivity contribution >= 4 is 17.3 Å². The van der Waals surface area contributed by atoms with Gasteiger partial charge in [0.05, 0.1) is 12.2 Å². The van der Waals surface area contributed by atoms with Crippen molar-refractivity contribution in [3.8, 4) is 0 Å². The third-order valence-corrected chi connectivity index (χ3v) is 2.40. The molecule has 0 bridgehead atoms. The quantitative estimate of drug-likeness (QED) is 0.800. The Morgan fingerprint density at radius 2 is 2.24 bits per heavy atom. The predicted molar refractivity (Wildman–Crippen MR) is 62.9 cm³/mol. The fourth-order valence-electron chi connectivity index (χ4n) is 1.59. The molecule has 0 spiro atoms. The number of hydrogen-bond donors (Lipinski definition) is 1. The Kier molecular flexibility index (Phi) is 2.91. The van der Waals surface area contributed by atoms with Crippen LogP contribution in [0.25, 0.3) is 5.65 Å². The lowest BCUT2D eigenvalue weighted by atomic mass is 10.2. The van der Waals surface area contributed by atoms with E-state index in [1.165, 1.54) is 6.92 Å². The molecule has 1 amide bonds. The van der Waals surface area contributed by atoms with Crippen molar-refractivity contribution in [3.63, 3.8) is 0 Å². The second-order valence-corrected chi connectivity index (χ2v) is 3.90. The van der Waals surface area contributed by atoms with Gasteiger partial charge in [0.2, 0.25) is 5.91 Å². The minimum atomic E-state index is -0.212. The van der Waals surface area contributed by atoms with Crippen molar-refractivity contribution in [2.45, 2.75) is 13.8 Å². The van der Waals surface area contributed by atoms with Crippen LogP contribution in [0.5, 0.6) is 0 Å². The Labute approximate surface area is 98.5 Å². The molecule has 2 aromatic heterocycles. The zero-order valence-corrected chi connectivity index (χ0v) is 9.73. The third-order valence-electron chi connectivity index (χ3n) is 2.40. The lowest BCUT2D eigenvalue weighted by Gasteiger charge is -2.02. The maximum Gasteiger partial charge on any atom is 0.217 e. The molecule has 0 aliphatic heterocycles. The number of aryl methyl sites for hydroxylation is 1. The van der Waals surface area contributed by atoms with Gasteiger partial charge in [-0.1, -0.05) is 0 Å². The second-order valence-electron chi connectivity index (χ2n) is 3.90. The first-order chi connectivity index (χ1) is 8.06. The summed E-state index contributed by atoms with van der Waals surface area (Å²) in [5, 5.41) is 2.48. The molecule has 0 aromatic carbocycles. The molecule has 0 atom stereocenters. The molecule has 2 rings (SSSR count). The zero-order chi connectivity index (χ0) is 12.4. The van der Waals surface area contributed by atoms with Crippen LogP contribution in [0, 0.1) is 6.92 Å². The highest BCUT2D eigenvalue weighted by molar-refractivity contribution is 5.99. The first-order valence-corrected chi connectivity index (χ1v) is 5.29. The van der Waals surface area contributed by atoms with Gasteiger partial charge in [-0.2, -0.15) is 0 Å². The van der Waals surface area contributed by atoms with Crippen LogP contribution in [0.1, 0.15) is 23.0 Å². The number of nitrogens with zero attached hydrogens (tertiary/aromatic N) is 2. The summed E-state index contributed by atoms with van der Waals surface area (Å²) in [6.07, 6.45) is 3.67. The molecular weight excluding hydrogens is 218 g/mol. The van der Waals surface area contributed by atoms with Gasteiger partial charge in [0.25, 0.3) is 0 Å². The summed E-state index contributed by atoms with van der Waals surface area (Å²) < 4.78 is 1.85. The Balaban J connectivity index is 2.23. The maximum atomic E-state index is 11.7. The molecule has 5 heteroatoms. The summed E-state index contributed by atoms with van der Waals surface area (Å²) in [6.45, 7) is 3.30. The van der Waals surface area contributed by atoms with Crippen LogP contribution in [0.15, 0.2) is 24.5 Å². The number of imidazole rings is 1. The molecule has 0 aliphatic rings. The standard InChI is InChI=1S/C12H13N3O2/c1-8-7-15-4-3-10(5-12(15)14-8)11(17)6-13-9(2)16/h3-5,7H,6H2,1-2H3,(H,13,16). The summed E-state index contributed by atoms with van der Waals surface area (Å²) in [5.74, 6) is -0.334. The summed E-state index contributed by atoms with van der Waals surface area (Å²) >= 11 is 0. The largest absolute Gasteiger partial charge is 0.349 e. The van der Waals surface area contributed by atoms with E-state index >= 15 is 0 Å². The summed E-state index contributed by atoms with van der Waals surface area (Å²) in [5.41, 5.74) is 2.18. The van der Waals surface area contributed by atoms with Crippen molar-refractivity contribution in [2.24, 2.45) is 0 Å². The number of amides is 1. The normalized spacial score (nSPS) is 10.5. The van der Waals surface area contributed by atoms with E-state index in [9.17, 15) is 9.59 Å². The number of nitrogens with one attached hydrogen (secondary N) is 1. The highest BCUT2D eigenvalue weighted by Gasteiger charge is 2.08. The van der Waals surface area contributed by atoms with Crippen molar-refractivity contribution in [3.05, 3.63) is 35.8 Å². The molecule has 0 aliphatic carbocycles. The molecule has 0 saturated heterocycles. The molecule has 0 unspecified atom stereocenters. The second kappa shape index (κ2) is 4.37. The van der Waals surface area contributed by atoms with Crippen molar-refractivity contribution in [1.29, 1.82) is 0 Å². The molecule has 88 valence electrons. The number of carbonyl (C=O) groups excluding carboxylic acids is 2. The van der Waals surface area contributed by atoms with Crippen molar-refractivity contribution in [1.82, 2.24) is 14.7 Å². The summed E-state index contributed by atoms with van der Waals surface area (Å²) in [6, 6.07) is 3.44. The highest BCUT2D eigenvalue weighted by Crippen LogP contribution is 2.08. The molecule has 2 aromatic rings. The predicted octanol–water partition coefficient (Wildman–Crippen LogP) is 0.962. The number of aromatic nitrogens is 2. The number of carbonyl (C=O) groups is 2. The minimum Gasteiger partial charge on any atom is -0.349 e. The van der Waals surface area contributed by atoms with Gasteiger partial charge in [0.15, 0.2) is 5.78 Å². The molecule has 0 saturated carbocycles. The molecule has 17 heavy (non-hydrogen) atoms. The maximum absolute atomic E-state index is 11.7. The summed E-state index contributed by atoms with van der Waals surface area (Å²) in [4.78, 5) is 26.7. The molecular formula is C12H13N3O2. The van der Waals surface area contributed by atoms with Crippen molar-refractivity contribution < 1.29 is 9.59 Å². The van der Waals surface area contributed by atoms with Crippen LogP contribution in [0.4, 0.5) is 0 Å². The third kappa shape index (κ3) is 2.50. The number of rotatable bonds is 3. The first-order valence-electron chi connectivity index (χ1n) is 5.29. The fourth-order valence-corrected chi connectivity index (χ4v) is 1.59. The Hall–Kier alpha value is -2.17. The van der Waals surface area contributed by atoms with Gasteiger partial charge in [-0.25, -0.2) is 4.98 Å². The number of Topliss-reactive ketones (excluding diaryl/α,β-unsaturated/α-hetero) is 1. The fraction of sp³-hybridized carbons (Fsp3) is 0.250. The van der Waals surface area contributed by atoms with E-state index in [1.54, 1.807) is 18.3 Å². The average Bonchev–Trinajstić information content (AvgIpc) is 2.64. The van der Waals surface area contributed by atoms with Gasteiger partial charge < -0.3 is 9.72 Å². The number of ketones is 1. The number of hydrogen-bond acceptors (Lipinski definition) is 3. The molecule has 0 fully saturated rings. The lowest BCUT2D eigenvalue weighted by Crippen LogP contribution is -2.27. The van der Waals surface area contributed by atoms with Crippen LogP contribution in [-0.2, 0) is 4.79 Å². The van der Waals surface area contributed by atoms with E-state index in [0.29, 0.717) is 5.56 Å². The van der Waals surface area contributed by atoms with Gasteiger partial charge in [-0.15, -0.1) is 0 Å². The van der Waals surface area contributed by atoms with Gasteiger partial charge >= 0.3 is 0 Å². The van der Waals surface area contributed by atoms with E-state index in [-0.39, 0.29) is 18.2 Å². The molecule has 1 N–H and O–H groups in total. The van der Waals surface area contributed by atoms with E-state index in [0.717, 1.165) is 11.3 Å². The van der Waals surface area contributed by atoms with Crippen LogP contribution < -0.4 is 5.32 Å². The van der Waals surface area contributed by atoms with Crippen LogP contribution in [0.3, 0.4) is 0 Å². The van der Waals surface area contributed by atoms with Crippen molar-refractivity contribution in [2.75, 3.05) is 6.54 Å². The zero-order valence-electron chi connectivity index (χ0n) is 9.73. The molecule has 5 nitrogen and oxygen atoms in total. The average molecular weight is 231 g/mol. The Bertz CT molecular complexity index is 586. The summed E-state index contributed by atoms with van der Waals surface area (Å²) in [7, 11) is 0. The smallest absolute Gasteiger partial charge is 0.217 e. The number of fused-ring (bicyclic) bond motifs is 1. The van der Waals surface area contributed by atoms with Crippen LogP contribution in [-0.4, -0.2) is 27.6 Å². The first kappa shape index (κ1) is 11.3. The van der Waals surface area contributed by atoms with Crippen LogP contribution in [0.2, 0.25) is 0 Å². The lowest BCUT2D eigenvalue weighted by molar-refractivity contribution is -0.118.